The van der Waals surface area contributed by atoms with Crippen molar-refractivity contribution < 1.29 is 9.59 Å². The van der Waals surface area contributed by atoms with E-state index in [-0.39, 0.29) is 12.3 Å². The molecule has 1 atom stereocenters. The Morgan fingerprint density at radius 2 is 2.00 bits per heavy atom. The van der Waals surface area contributed by atoms with E-state index in [1.54, 1.807) is 24.3 Å². The number of rotatable bonds is 6. The van der Waals surface area contributed by atoms with Crippen molar-refractivity contribution in [3.8, 4) is 11.3 Å². The zero-order valence-electron chi connectivity index (χ0n) is 15.7. The van der Waals surface area contributed by atoms with Gasteiger partial charge in [0.25, 0.3) is 5.91 Å². The van der Waals surface area contributed by atoms with Crippen LogP contribution in [0.5, 0.6) is 0 Å². The van der Waals surface area contributed by atoms with Crippen molar-refractivity contribution >= 4 is 23.4 Å². The molecule has 4 rings (SSSR count). The SMILES string of the molecule is NC(=O)C[C@@H](NC(=O)c1cn[nH]c1-c1ccc2c(c1)CCC2)c1cccc(Cl)c1. The highest BCUT2D eigenvalue weighted by molar-refractivity contribution is 6.30. The van der Waals surface area contributed by atoms with Crippen molar-refractivity contribution in [2.45, 2.75) is 31.7 Å². The highest BCUT2D eigenvalue weighted by Gasteiger charge is 2.22. The van der Waals surface area contributed by atoms with Gasteiger partial charge in [0, 0.05) is 10.6 Å². The molecule has 1 aliphatic carbocycles. The van der Waals surface area contributed by atoms with Gasteiger partial charge in [0.05, 0.1) is 29.9 Å². The highest BCUT2D eigenvalue weighted by atomic mass is 35.5. The smallest absolute Gasteiger partial charge is 0.255 e. The number of aromatic nitrogens is 2. The number of halogens is 1. The van der Waals surface area contributed by atoms with E-state index in [4.69, 9.17) is 17.3 Å². The van der Waals surface area contributed by atoms with Crippen LogP contribution in [0.25, 0.3) is 11.3 Å². The lowest BCUT2D eigenvalue weighted by molar-refractivity contribution is -0.118. The molecule has 0 unspecified atom stereocenters. The monoisotopic (exact) mass is 408 g/mol. The number of nitrogens with zero attached hydrogens (tertiary/aromatic N) is 1. The number of fused-ring (bicyclic) bond motifs is 1. The summed E-state index contributed by atoms with van der Waals surface area (Å²) in [5, 5.41) is 10.4. The molecule has 1 aromatic heterocycles. The van der Waals surface area contributed by atoms with Gasteiger partial charge in [0.15, 0.2) is 0 Å². The molecule has 1 aliphatic rings. The Balaban J connectivity index is 1.61. The molecule has 0 saturated carbocycles. The second kappa shape index (κ2) is 8.09. The molecule has 0 fully saturated rings. The van der Waals surface area contributed by atoms with Crippen molar-refractivity contribution in [2.24, 2.45) is 5.73 Å². The number of carbonyl (C=O) groups excluding carboxylic acids is 2. The maximum atomic E-state index is 13.0. The van der Waals surface area contributed by atoms with E-state index in [1.807, 2.05) is 6.07 Å². The van der Waals surface area contributed by atoms with Gasteiger partial charge in [0.1, 0.15) is 0 Å². The van der Waals surface area contributed by atoms with Crippen molar-refractivity contribution in [2.75, 3.05) is 0 Å². The summed E-state index contributed by atoms with van der Waals surface area (Å²) in [6.07, 6.45) is 4.77. The topological polar surface area (TPSA) is 101 Å². The standard InChI is InChI=1S/C22H21ClN4O2/c23-17-6-2-5-15(10-17)19(11-20(24)28)26-22(29)18-12-25-27-21(18)16-8-7-13-3-1-4-14(13)9-16/h2,5-10,12,19H,1,3-4,11H2,(H2,24,28)(H,25,27)(H,26,29)/t19-/m1/s1. The van der Waals surface area contributed by atoms with E-state index < -0.39 is 11.9 Å². The molecular weight excluding hydrogens is 388 g/mol. The Kier molecular flexibility index (Phi) is 5.36. The molecule has 0 bridgehead atoms. The number of aromatic amines is 1. The summed E-state index contributed by atoms with van der Waals surface area (Å²) in [4.78, 5) is 24.6. The molecule has 2 aromatic carbocycles. The van der Waals surface area contributed by atoms with E-state index in [0.29, 0.717) is 21.8 Å². The number of benzene rings is 2. The third-order valence-corrected chi connectivity index (χ3v) is 5.47. The van der Waals surface area contributed by atoms with Crippen LogP contribution in [-0.2, 0) is 17.6 Å². The van der Waals surface area contributed by atoms with Gasteiger partial charge in [-0.3, -0.25) is 14.7 Å². The second-order valence-corrected chi connectivity index (χ2v) is 7.68. The minimum atomic E-state index is -0.582. The first kappa shape index (κ1) is 19.2. The second-order valence-electron chi connectivity index (χ2n) is 7.25. The zero-order chi connectivity index (χ0) is 20.4. The average molecular weight is 409 g/mol. The molecule has 4 N–H and O–H groups in total. The first-order valence-electron chi connectivity index (χ1n) is 9.51. The first-order chi connectivity index (χ1) is 14.0. The lowest BCUT2D eigenvalue weighted by Crippen LogP contribution is -2.32. The molecule has 7 heteroatoms. The molecule has 6 nitrogen and oxygen atoms in total. The molecule has 1 heterocycles. The number of carbonyl (C=O) groups is 2. The molecule has 0 radical (unpaired) electrons. The quantitative estimate of drug-likeness (QED) is 0.581. The molecule has 3 aromatic rings. The number of H-pyrrole nitrogens is 1. The summed E-state index contributed by atoms with van der Waals surface area (Å²) in [6.45, 7) is 0. The van der Waals surface area contributed by atoms with Crippen LogP contribution >= 0.6 is 11.6 Å². The minimum absolute atomic E-state index is 0.0297. The van der Waals surface area contributed by atoms with Crippen molar-refractivity contribution in [1.82, 2.24) is 15.5 Å². The summed E-state index contributed by atoms with van der Waals surface area (Å²) in [5.74, 6) is -0.846. The Labute approximate surface area is 173 Å². The predicted molar refractivity (Wildman–Crippen MR) is 112 cm³/mol. The van der Waals surface area contributed by atoms with Gasteiger partial charge < -0.3 is 11.1 Å². The Morgan fingerprint density at radius 1 is 1.17 bits per heavy atom. The lowest BCUT2D eigenvalue weighted by Gasteiger charge is -2.18. The Morgan fingerprint density at radius 3 is 2.79 bits per heavy atom. The molecule has 2 amide bonds. The highest BCUT2D eigenvalue weighted by Crippen LogP contribution is 2.29. The fraction of sp³-hybridized carbons (Fsp3) is 0.227. The molecular formula is C22H21ClN4O2. The minimum Gasteiger partial charge on any atom is -0.370 e. The van der Waals surface area contributed by atoms with Crippen LogP contribution in [0.4, 0.5) is 0 Å². The van der Waals surface area contributed by atoms with Crippen LogP contribution < -0.4 is 11.1 Å². The van der Waals surface area contributed by atoms with Crippen LogP contribution in [0.15, 0.2) is 48.7 Å². The summed E-state index contributed by atoms with van der Waals surface area (Å²) < 4.78 is 0. The van der Waals surface area contributed by atoms with E-state index in [1.165, 1.54) is 17.3 Å². The van der Waals surface area contributed by atoms with E-state index in [9.17, 15) is 9.59 Å². The number of aryl methyl sites for hydroxylation is 2. The molecule has 0 spiro atoms. The predicted octanol–water partition coefficient (Wildman–Crippen LogP) is 3.57. The number of amides is 2. The van der Waals surface area contributed by atoms with Gasteiger partial charge in [0.2, 0.25) is 5.91 Å². The van der Waals surface area contributed by atoms with Crippen LogP contribution in [-0.4, -0.2) is 22.0 Å². The van der Waals surface area contributed by atoms with Crippen LogP contribution in [0.2, 0.25) is 5.02 Å². The van der Waals surface area contributed by atoms with Gasteiger partial charge in [-0.25, -0.2) is 0 Å². The third kappa shape index (κ3) is 4.17. The molecule has 148 valence electrons. The third-order valence-electron chi connectivity index (χ3n) is 5.23. The van der Waals surface area contributed by atoms with E-state index in [2.05, 4.69) is 27.6 Å². The summed E-state index contributed by atoms with van der Waals surface area (Å²) >= 11 is 6.07. The average Bonchev–Trinajstić information content (AvgIpc) is 3.35. The number of nitrogens with one attached hydrogen (secondary N) is 2. The maximum absolute atomic E-state index is 13.0. The normalized spacial score (nSPS) is 13.7. The lowest BCUT2D eigenvalue weighted by atomic mass is 10.0. The number of hydrogen-bond acceptors (Lipinski definition) is 3. The van der Waals surface area contributed by atoms with Gasteiger partial charge in [-0.05, 0) is 54.2 Å². The number of hydrogen-bond donors (Lipinski definition) is 3. The number of nitrogens with two attached hydrogens (primary N) is 1. The van der Waals surface area contributed by atoms with E-state index >= 15 is 0 Å². The van der Waals surface area contributed by atoms with Crippen LogP contribution in [0.3, 0.4) is 0 Å². The fourth-order valence-electron chi connectivity index (χ4n) is 3.82. The number of primary amides is 1. The fourth-order valence-corrected chi connectivity index (χ4v) is 4.02. The van der Waals surface area contributed by atoms with Crippen LogP contribution in [0, 0.1) is 0 Å². The summed E-state index contributed by atoms with van der Waals surface area (Å²) in [6, 6.07) is 12.7. The van der Waals surface area contributed by atoms with Crippen molar-refractivity contribution in [3.05, 3.63) is 75.9 Å². The largest absolute Gasteiger partial charge is 0.370 e. The van der Waals surface area contributed by atoms with Crippen molar-refractivity contribution in [1.29, 1.82) is 0 Å². The summed E-state index contributed by atoms with van der Waals surface area (Å²) in [5.41, 5.74) is 10.8. The first-order valence-corrected chi connectivity index (χ1v) is 9.89. The van der Waals surface area contributed by atoms with Gasteiger partial charge in [-0.1, -0.05) is 35.9 Å². The maximum Gasteiger partial charge on any atom is 0.255 e. The molecule has 0 aliphatic heterocycles. The van der Waals surface area contributed by atoms with E-state index in [0.717, 1.165) is 24.8 Å². The zero-order valence-corrected chi connectivity index (χ0v) is 16.5. The van der Waals surface area contributed by atoms with Crippen LogP contribution in [0.1, 0.15) is 45.9 Å². The van der Waals surface area contributed by atoms with Crippen molar-refractivity contribution in [3.63, 3.8) is 0 Å². The van der Waals surface area contributed by atoms with Gasteiger partial charge in [-0.2, -0.15) is 5.10 Å². The van der Waals surface area contributed by atoms with Gasteiger partial charge in [-0.15, -0.1) is 0 Å². The Bertz CT molecular complexity index is 1080. The Hall–Kier alpha value is -3.12. The summed E-state index contributed by atoms with van der Waals surface area (Å²) in [7, 11) is 0. The molecule has 0 saturated heterocycles. The van der Waals surface area contributed by atoms with Gasteiger partial charge >= 0.3 is 0 Å². The molecule has 29 heavy (non-hydrogen) atoms.